The highest BCUT2D eigenvalue weighted by atomic mass is 35.5. The van der Waals surface area contributed by atoms with Crippen molar-refractivity contribution < 1.29 is 18.6 Å². The van der Waals surface area contributed by atoms with Crippen LogP contribution >= 0.6 is 11.6 Å². The molecule has 0 radical (unpaired) electrons. The molecule has 4 aliphatic heterocycles. The van der Waals surface area contributed by atoms with Crippen molar-refractivity contribution in [2.75, 3.05) is 37.7 Å². The monoisotopic (exact) mass is 633 g/mol. The van der Waals surface area contributed by atoms with Crippen LogP contribution in [0.25, 0.3) is 32.9 Å². The fourth-order valence-corrected chi connectivity index (χ4v) is 8.66. The van der Waals surface area contributed by atoms with Crippen LogP contribution in [-0.2, 0) is 7.05 Å². The summed E-state index contributed by atoms with van der Waals surface area (Å²) in [5, 5.41) is 25.2. The minimum atomic E-state index is -0.901. The first-order valence-electron chi connectivity index (χ1n) is 15.6. The standard InChI is InChI=1S/C33H34ClF2N7O2/c1-17-26(27-22(12-37)25(44)7-6-24(27)41(17)2)28-23(34)10-21-30(29(28)36)39-32(40-31(21)42-14-19-4-5-20(15-42)38-19)45-16-33-8-3-9-43(33)13-18(35)11-33/h6-7,10,18-20,38,44H,3-5,8-9,11,13-16H2,1-2H3/t18-,19?,20?,33+/m1/s1. The Labute approximate surface area is 264 Å². The number of aryl methyl sites for hydroxylation is 1. The number of nitriles is 1. The van der Waals surface area contributed by atoms with Gasteiger partial charge in [-0.15, -0.1) is 0 Å². The van der Waals surface area contributed by atoms with Gasteiger partial charge in [0.05, 0.1) is 16.1 Å². The van der Waals surface area contributed by atoms with Crippen LogP contribution < -0.4 is 15.0 Å². The van der Waals surface area contributed by atoms with Crippen molar-refractivity contribution in [2.45, 2.75) is 62.8 Å². The second-order valence-electron chi connectivity index (χ2n) is 13.2. The van der Waals surface area contributed by atoms with Gasteiger partial charge in [0.25, 0.3) is 0 Å². The maximum absolute atomic E-state index is 17.1. The molecule has 2 unspecified atom stereocenters. The third kappa shape index (κ3) is 4.37. The molecule has 6 heterocycles. The van der Waals surface area contributed by atoms with E-state index in [4.69, 9.17) is 21.3 Å². The molecule has 4 saturated heterocycles. The summed E-state index contributed by atoms with van der Waals surface area (Å²) in [7, 11) is 1.83. The summed E-state index contributed by atoms with van der Waals surface area (Å²) in [6.07, 6.45) is 3.43. The Balaban J connectivity index is 1.31. The van der Waals surface area contributed by atoms with Gasteiger partial charge in [0.1, 0.15) is 41.5 Å². The number of nitrogens with zero attached hydrogens (tertiary/aromatic N) is 6. The van der Waals surface area contributed by atoms with Crippen LogP contribution in [0.2, 0.25) is 5.02 Å². The normalized spacial score (nSPS) is 26.2. The minimum Gasteiger partial charge on any atom is -0.507 e. The first kappa shape index (κ1) is 28.7. The predicted molar refractivity (Wildman–Crippen MR) is 168 cm³/mol. The average Bonchev–Trinajstić information content (AvgIpc) is 3.72. The number of hydrogen-bond donors (Lipinski definition) is 2. The van der Waals surface area contributed by atoms with E-state index in [0.717, 1.165) is 32.2 Å². The fourth-order valence-electron chi connectivity index (χ4n) is 8.37. The van der Waals surface area contributed by atoms with Crippen LogP contribution in [0.15, 0.2) is 18.2 Å². The first-order chi connectivity index (χ1) is 21.7. The topological polar surface area (TPSA) is 102 Å². The SMILES string of the molecule is Cc1c(-c2c(Cl)cc3c(N4CC5CCC(C4)N5)nc(OC[C@@]45CCCN4C[C@H](F)C5)nc3c2F)c2c(C#N)c(O)ccc2n1C. The Hall–Kier alpha value is -3.72. The molecule has 45 heavy (non-hydrogen) atoms. The highest BCUT2D eigenvalue weighted by Crippen LogP contribution is 2.46. The number of aromatic nitrogens is 3. The van der Waals surface area contributed by atoms with Crippen LogP contribution in [0.3, 0.4) is 0 Å². The van der Waals surface area contributed by atoms with E-state index in [1.165, 1.54) is 6.07 Å². The lowest BCUT2D eigenvalue weighted by Gasteiger charge is -2.34. The second-order valence-corrected chi connectivity index (χ2v) is 13.6. The van der Waals surface area contributed by atoms with Crippen LogP contribution in [0.1, 0.15) is 43.4 Å². The molecule has 4 fully saturated rings. The summed E-state index contributed by atoms with van der Waals surface area (Å²) in [6.45, 7) is 4.70. The zero-order valence-corrected chi connectivity index (χ0v) is 26.0. The molecule has 12 heteroatoms. The van der Waals surface area contributed by atoms with Crippen LogP contribution in [0.5, 0.6) is 11.8 Å². The lowest BCUT2D eigenvalue weighted by atomic mass is 9.95. The highest BCUT2D eigenvalue weighted by Gasteiger charge is 2.49. The number of rotatable bonds is 5. The zero-order chi connectivity index (χ0) is 31.2. The molecule has 4 aliphatic rings. The number of hydrogen-bond acceptors (Lipinski definition) is 8. The number of nitrogens with one attached hydrogen (secondary N) is 1. The third-order valence-corrected chi connectivity index (χ3v) is 10.9. The van der Waals surface area contributed by atoms with Gasteiger partial charge in [0, 0.05) is 72.8 Å². The molecule has 0 aliphatic carbocycles. The van der Waals surface area contributed by atoms with E-state index < -0.39 is 17.5 Å². The highest BCUT2D eigenvalue weighted by molar-refractivity contribution is 6.35. The third-order valence-electron chi connectivity index (χ3n) is 10.6. The van der Waals surface area contributed by atoms with Gasteiger partial charge >= 0.3 is 6.01 Å². The van der Waals surface area contributed by atoms with E-state index in [0.29, 0.717) is 71.5 Å². The number of alkyl halides is 1. The molecule has 2 aromatic carbocycles. The van der Waals surface area contributed by atoms with E-state index in [9.17, 15) is 14.8 Å². The Morgan fingerprint density at radius 3 is 2.73 bits per heavy atom. The van der Waals surface area contributed by atoms with Gasteiger partial charge in [-0.05, 0) is 57.4 Å². The molecule has 4 aromatic rings. The van der Waals surface area contributed by atoms with Gasteiger partial charge in [-0.25, -0.2) is 8.78 Å². The van der Waals surface area contributed by atoms with E-state index in [1.807, 2.05) is 18.5 Å². The first-order valence-corrected chi connectivity index (χ1v) is 16.0. The summed E-state index contributed by atoms with van der Waals surface area (Å²) >= 11 is 6.95. The lowest BCUT2D eigenvalue weighted by Crippen LogP contribution is -2.51. The molecule has 2 aromatic heterocycles. The number of anilines is 1. The van der Waals surface area contributed by atoms with Crippen LogP contribution in [0, 0.1) is 24.1 Å². The number of halogens is 3. The number of fused-ring (bicyclic) bond motifs is 5. The molecular formula is C33H34ClF2N7O2. The Bertz CT molecular complexity index is 1910. The van der Waals surface area contributed by atoms with Gasteiger partial charge in [-0.3, -0.25) is 4.90 Å². The summed E-state index contributed by atoms with van der Waals surface area (Å²) in [5.74, 6) is -0.288. The lowest BCUT2D eigenvalue weighted by molar-refractivity contribution is 0.107. The largest absolute Gasteiger partial charge is 0.507 e. The molecular weight excluding hydrogens is 600 g/mol. The van der Waals surface area contributed by atoms with Crippen molar-refractivity contribution >= 4 is 39.2 Å². The number of ether oxygens (including phenoxy) is 1. The van der Waals surface area contributed by atoms with Gasteiger partial charge in [-0.2, -0.15) is 15.2 Å². The molecule has 2 bridgehead atoms. The number of phenolic OH excluding ortho intramolecular Hbond substituents is 1. The van der Waals surface area contributed by atoms with Crippen molar-refractivity contribution in [3.8, 4) is 29.0 Å². The quantitative estimate of drug-likeness (QED) is 0.303. The van der Waals surface area contributed by atoms with Gasteiger partial charge in [0.2, 0.25) is 0 Å². The molecule has 0 spiro atoms. The Morgan fingerprint density at radius 1 is 1.20 bits per heavy atom. The smallest absolute Gasteiger partial charge is 0.319 e. The second kappa shape index (κ2) is 10.4. The number of piperazine rings is 1. The van der Waals surface area contributed by atoms with Crippen molar-refractivity contribution in [3.63, 3.8) is 0 Å². The molecule has 0 saturated carbocycles. The van der Waals surface area contributed by atoms with E-state index in [1.54, 1.807) is 12.1 Å². The van der Waals surface area contributed by atoms with Crippen molar-refractivity contribution in [3.05, 3.63) is 40.3 Å². The van der Waals surface area contributed by atoms with Crippen LogP contribution in [0.4, 0.5) is 14.6 Å². The Morgan fingerprint density at radius 2 is 1.98 bits per heavy atom. The summed E-state index contributed by atoms with van der Waals surface area (Å²) in [4.78, 5) is 13.8. The fraction of sp³-hybridized carbons (Fsp3) is 0.485. The Kier molecular flexibility index (Phi) is 6.64. The number of benzene rings is 2. The van der Waals surface area contributed by atoms with E-state index in [-0.39, 0.29) is 40.0 Å². The minimum absolute atomic E-state index is 0.0454. The summed E-state index contributed by atoms with van der Waals surface area (Å²) in [5.41, 5.74) is 1.57. The number of aromatic hydroxyl groups is 1. The van der Waals surface area contributed by atoms with Crippen LogP contribution in [-0.4, -0.2) is 81.1 Å². The van der Waals surface area contributed by atoms with E-state index >= 15 is 4.39 Å². The molecule has 9 nitrogen and oxygen atoms in total. The van der Waals surface area contributed by atoms with Gasteiger partial charge in [-0.1, -0.05) is 11.6 Å². The maximum Gasteiger partial charge on any atom is 0.319 e. The molecule has 2 N–H and O–H groups in total. The average molecular weight is 634 g/mol. The zero-order valence-electron chi connectivity index (χ0n) is 25.2. The summed E-state index contributed by atoms with van der Waals surface area (Å²) in [6, 6.07) is 7.61. The molecule has 234 valence electrons. The molecule has 0 amide bonds. The summed E-state index contributed by atoms with van der Waals surface area (Å²) < 4.78 is 39.7. The van der Waals surface area contributed by atoms with Crippen molar-refractivity contribution in [1.82, 2.24) is 24.8 Å². The van der Waals surface area contributed by atoms with Crippen molar-refractivity contribution in [1.29, 1.82) is 5.26 Å². The molecule has 4 atom stereocenters. The van der Waals surface area contributed by atoms with E-state index in [2.05, 4.69) is 26.2 Å². The van der Waals surface area contributed by atoms with Crippen molar-refractivity contribution in [2.24, 2.45) is 7.05 Å². The predicted octanol–water partition coefficient (Wildman–Crippen LogP) is 5.36. The maximum atomic E-state index is 17.1. The van der Waals surface area contributed by atoms with Gasteiger partial charge < -0.3 is 24.6 Å². The molecule has 8 rings (SSSR count). The number of phenols is 1. The van der Waals surface area contributed by atoms with Gasteiger partial charge in [0.15, 0.2) is 5.82 Å².